The molecule has 0 radical (unpaired) electrons. The summed E-state index contributed by atoms with van der Waals surface area (Å²) in [7, 11) is -9.97. The molecule has 5 atom stereocenters. The molecule has 0 bridgehead atoms. The smallest absolute Gasteiger partial charge is 0.462 e. The molecule has 2 unspecified atom stereocenters. The molecule has 0 saturated heterocycles. The lowest BCUT2D eigenvalue weighted by atomic mass is 10.0. The molecular weight excluding hydrogens is 1350 g/mol. The number of carbonyl (C=O) groups is 4. The van der Waals surface area contributed by atoms with Crippen LogP contribution in [0.3, 0.4) is 0 Å². The number of rotatable bonds is 78. The van der Waals surface area contributed by atoms with Crippen LogP contribution in [-0.4, -0.2) is 96.7 Å². The normalized spacial score (nSPS) is 14.3. The van der Waals surface area contributed by atoms with E-state index in [1.807, 2.05) is 18.2 Å². The molecule has 19 heteroatoms. The van der Waals surface area contributed by atoms with Crippen molar-refractivity contribution in [2.45, 2.75) is 380 Å². The SMILES string of the molecule is CC/C=C\C/C=C\C/C=C\C/C=C\C/C=C\C/C=C\CCC(=O)OC[C@H](COP(=O)(O)OC[C@@H](O)COP(=O)(O)OC[C@@H](COC(=O)CCCCCCCCC/C=C\CCCCCC)OC(=O)CCCCCCCCCCCCCCCCC)OC(=O)CCCCCCC/C=C\CCCCCCCC. The first-order valence-electron chi connectivity index (χ1n) is 41.5. The average molecular weight is 1510 g/mol. The Morgan fingerprint density at radius 3 is 0.837 bits per heavy atom. The Bertz CT molecular complexity index is 2350. The molecule has 0 aliphatic rings. The van der Waals surface area contributed by atoms with Gasteiger partial charge in [-0.3, -0.25) is 37.3 Å². The van der Waals surface area contributed by atoms with Gasteiger partial charge < -0.3 is 33.8 Å². The molecular formula is C85H150O17P2. The molecule has 0 aromatic heterocycles. The molecule has 0 spiro atoms. The van der Waals surface area contributed by atoms with Gasteiger partial charge in [0.2, 0.25) is 0 Å². The van der Waals surface area contributed by atoms with Crippen molar-refractivity contribution in [3.05, 3.63) is 97.2 Å². The molecule has 602 valence electrons. The van der Waals surface area contributed by atoms with E-state index in [1.165, 1.54) is 141 Å². The number of hydrogen-bond acceptors (Lipinski definition) is 15. The number of phosphoric ester groups is 2. The molecule has 0 fully saturated rings. The Morgan fingerprint density at radius 2 is 0.519 bits per heavy atom. The van der Waals surface area contributed by atoms with E-state index < -0.39 is 97.5 Å². The summed E-state index contributed by atoms with van der Waals surface area (Å²) in [4.78, 5) is 73.1. The van der Waals surface area contributed by atoms with Gasteiger partial charge in [0, 0.05) is 25.7 Å². The van der Waals surface area contributed by atoms with E-state index in [-0.39, 0.29) is 25.7 Å². The first-order chi connectivity index (χ1) is 50.7. The van der Waals surface area contributed by atoms with Gasteiger partial charge in [0.25, 0.3) is 0 Å². The number of aliphatic hydroxyl groups is 1. The van der Waals surface area contributed by atoms with Crippen molar-refractivity contribution < 1.29 is 80.2 Å². The van der Waals surface area contributed by atoms with Crippen molar-refractivity contribution in [2.24, 2.45) is 0 Å². The first kappa shape index (κ1) is 100.0. The van der Waals surface area contributed by atoms with Gasteiger partial charge in [0.15, 0.2) is 12.2 Å². The van der Waals surface area contributed by atoms with E-state index >= 15 is 0 Å². The predicted octanol–water partition coefficient (Wildman–Crippen LogP) is 24.3. The molecule has 0 saturated carbocycles. The molecule has 3 N–H and O–H groups in total. The number of unbranched alkanes of at least 4 members (excludes halogenated alkanes) is 36. The van der Waals surface area contributed by atoms with Gasteiger partial charge >= 0.3 is 39.5 Å². The first-order valence-corrected chi connectivity index (χ1v) is 44.5. The second-order valence-electron chi connectivity index (χ2n) is 27.7. The molecule has 0 aromatic rings. The minimum absolute atomic E-state index is 0.0353. The highest BCUT2D eigenvalue weighted by atomic mass is 31.2. The standard InChI is InChI=1S/C85H150O17P2/c1-5-9-13-17-21-25-29-33-37-38-39-40-44-46-50-54-58-62-66-70-83(88)96-76-81(102-85(90)72-68-64-60-56-52-48-43-36-32-28-24-20-16-12-8-4)78-100-104(93,94)98-74-79(86)73-97-103(91,92)99-77-80(101-84(89)71-67-63-59-55-51-47-42-35-31-27-23-19-15-11-7-3)75-95-82(87)69-65-61-57-53-49-45-41-34-30-26-22-18-14-10-6-2/h9,13,21,25-26,30,33,36-37,39-40,43,46,50,58,62,79-81,86H,5-8,10-12,14-20,22-24,27-29,31-32,34-35,38,41-42,44-45,47-49,51-57,59-61,63-78H2,1-4H3,(H,91,92)(H,93,94)/b13-9-,25-21-,30-26-,37-33-,40-39-,43-36-,50-46-,62-58-/t79-,80+,81+/m0/s1. The number of aliphatic hydroxyl groups excluding tert-OH is 1. The summed E-state index contributed by atoms with van der Waals surface area (Å²) >= 11 is 0. The minimum atomic E-state index is -4.99. The third kappa shape index (κ3) is 76.2. The maximum atomic E-state index is 13.1. The average Bonchev–Trinajstić information content (AvgIpc) is 0.918. The van der Waals surface area contributed by atoms with Crippen LogP contribution in [0.15, 0.2) is 97.2 Å². The van der Waals surface area contributed by atoms with Gasteiger partial charge in [0.1, 0.15) is 19.3 Å². The molecule has 0 amide bonds. The zero-order valence-electron chi connectivity index (χ0n) is 65.9. The quantitative estimate of drug-likeness (QED) is 0.0169. The van der Waals surface area contributed by atoms with Gasteiger partial charge in [0.05, 0.1) is 26.4 Å². The minimum Gasteiger partial charge on any atom is -0.462 e. The van der Waals surface area contributed by atoms with Crippen LogP contribution >= 0.6 is 15.6 Å². The molecule has 0 heterocycles. The van der Waals surface area contributed by atoms with Crippen LogP contribution in [0.25, 0.3) is 0 Å². The van der Waals surface area contributed by atoms with Crippen molar-refractivity contribution in [1.82, 2.24) is 0 Å². The highest BCUT2D eigenvalue weighted by Gasteiger charge is 2.30. The van der Waals surface area contributed by atoms with Gasteiger partial charge in [-0.2, -0.15) is 0 Å². The van der Waals surface area contributed by atoms with Crippen LogP contribution in [0.5, 0.6) is 0 Å². The van der Waals surface area contributed by atoms with Crippen molar-refractivity contribution in [2.75, 3.05) is 39.6 Å². The number of allylic oxidation sites excluding steroid dienone is 16. The Morgan fingerprint density at radius 1 is 0.279 bits per heavy atom. The van der Waals surface area contributed by atoms with Crippen LogP contribution in [0, 0.1) is 0 Å². The highest BCUT2D eigenvalue weighted by Crippen LogP contribution is 2.45. The summed E-state index contributed by atoms with van der Waals surface area (Å²) in [6.07, 6.45) is 82.5. The lowest BCUT2D eigenvalue weighted by molar-refractivity contribution is -0.161. The number of esters is 4. The van der Waals surface area contributed by atoms with E-state index in [9.17, 15) is 43.2 Å². The van der Waals surface area contributed by atoms with Crippen molar-refractivity contribution in [1.29, 1.82) is 0 Å². The van der Waals surface area contributed by atoms with E-state index in [0.29, 0.717) is 32.1 Å². The fraction of sp³-hybridized carbons (Fsp3) is 0.765. The number of phosphoric acid groups is 2. The topological polar surface area (TPSA) is 237 Å². The van der Waals surface area contributed by atoms with E-state index in [0.717, 1.165) is 135 Å². The Kier molecular flexibility index (Phi) is 74.2. The second-order valence-corrected chi connectivity index (χ2v) is 30.6. The summed E-state index contributed by atoms with van der Waals surface area (Å²) in [5.41, 5.74) is 0. The highest BCUT2D eigenvalue weighted by molar-refractivity contribution is 7.47. The van der Waals surface area contributed by atoms with E-state index in [1.54, 1.807) is 0 Å². The summed E-state index contributed by atoms with van der Waals surface area (Å²) in [5.74, 6) is -2.26. The van der Waals surface area contributed by atoms with Gasteiger partial charge in [-0.05, 0) is 116 Å². The molecule has 0 rings (SSSR count). The molecule has 0 aliphatic carbocycles. The Hall–Kier alpha value is -4.02. The van der Waals surface area contributed by atoms with Crippen LogP contribution in [-0.2, 0) is 65.4 Å². The largest absolute Gasteiger partial charge is 0.472 e. The summed E-state index contributed by atoms with van der Waals surface area (Å²) < 4.78 is 68.6. The lowest BCUT2D eigenvalue weighted by Gasteiger charge is -2.21. The predicted molar refractivity (Wildman–Crippen MR) is 427 cm³/mol. The zero-order valence-corrected chi connectivity index (χ0v) is 67.7. The maximum absolute atomic E-state index is 13.1. The Balaban J connectivity index is 5.41. The third-order valence-electron chi connectivity index (χ3n) is 17.5. The van der Waals surface area contributed by atoms with Crippen molar-refractivity contribution in [3.8, 4) is 0 Å². The molecule has 0 aromatic carbocycles. The fourth-order valence-electron chi connectivity index (χ4n) is 11.2. The molecule has 0 aliphatic heterocycles. The monoisotopic (exact) mass is 1510 g/mol. The van der Waals surface area contributed by atoms with Gasteiger partial charge in [-0.15, -0.1) is 0 Å². The Labute approximate surface area is 633 Å². The van der Waals surface area contributed by atoms with Crippen LogP contribution < -0.4 is 0 Å². The van der Waals surface area contributed by atoms with Gasteiger partial charge in [-0.1, -0.05) is 318 Å². The molecule has 104 heavy (non-hydrogen) atoms. The third-order valence-corrected chi connectivity index (χ3v) is 19.4. The number of hydrogen-bond donors (Lipinski definition) is 3. The van der Waals surface area contributed by atoms with Crippen molar-refractivity contribution >= 4 is 39.5 Å². The van der Waals surface area contributed by atoms with Crippen molar-refractivity contribution in [3.63, 3.8) is 0 Å². The second kappa shape index (κ2) is 77.1. The summed E-state index contributed by atoms with van der Waals surface area (Å²) in [6.45, 7) is 4.71. The maximum Gasteiger partial charge on any atom is 0.472 e. The molecule has 17 nitrogen and oxygen atoms in total. The number of carbonyl (C=O) groups excluding carboxylic acids is 4. The van der Waals surface area contributed by atoms with Crippen LogP contribution in [0.2, 0.25) is 0 Å². The fourth-order valence-corrected chi connectivity index (χ4v) is 12.8. The number of ether oxygens (including phenoxy) is 4. The summed E-state index contributed by atoms with van der Waals surface area (Å²) in [5, 5.41) is 10.7. The zero-order chi connectivity index (χ0) is 76.0. The lowest BCUT2D eigenvalue weighted by Crippen LogP contribution is -2.30. The van der Waals surface area contributed by atoms with Crippen LogP contribution in [0.4, 0.5) is 0 Å². The summed E-state index contributed by atoms with van der Waals surface area (Å²) in [6, 6.07) is 0. The van der Waals surface area contributed by atoms with E-state index in [2.05, 4.69) is 107 Å². The van der Waals surface area contributed by atoms with E-state index in [4.69, 9.17) is 37.0 Å². The van der Waals surface area contributed by atoms with Crippen LogP contribution in [0.1, 0.15) is 362 Å². The van der Waals surface area contributed by atoms with Gasteiger partial charge in [-0.25, -0.2) is 9.13 Å².